The highest BCUT2D eigenvalue weighted by atomic mass is 14.8. The van der Waals surface area contributed by atoms with E-state index in [0.29, 0.717) is 0 Å². The molecule has 0 aliphatic carbocycles. The average molecular weight is 235 g/mol. The zero-order valence-electron chi connectivity index (χ0n) is 9.82. The van der Waals surface area contributed by atoms with Crippen LogP contribution in [0.2, 0.25) is 0 Å². The second-order valence-electron chi connectivity index (χ2n) is 4.26. The first-order valence-corrected chi connectivity index (χ1v) is 5.84. The van der Waals surface area contributed by atoms with Gasteiger partial charge in [0.25, 0.3) is 0 Å². The van der Waals surface area contributed by atoms with E-state index in [4.69, 9.17) is 5.73 Å². The molecule has 1 heterocycles. The van der Waals surface area contributed by atoms with E-state index in [1.807, 2.05) is 12.1 Å². The lowest BCUT2D eigenvalue weighted by Crippen LogP contribution is -2.12. The van der Waals surface area contributed by atoms with Crippen molar-refractivity contribution in [3.05, 3.63) is 72.3 Å². The highest BCUT2D eigenvalue weighted by Gasteiger charge is 2.09. The second kappa shape index (κ2) is 4.55. The summed E-state index contributed by atoms with van der Waals surface area (Å²) in [5, 5.41) is 2.42. The predicted molar refractivity (Wildman–Crippen MR) is 72.0 cm³/mol. The van der Waals surface area contributed by atoms with E-state index >= 15 is 0 Å². The molecule has 1 atom stereocenters. The minimum absolute atomic E-state index is 0.184. The molecule has 18 heavy (non-hydrogen) atoms. The van der Waals surface area contributed by atoms with E-state index in [2.05, 4.69) is 40.3 Å². The Labute approximate surface area is 105 Å². The normalized spacial score (nSPS) is 12.5. The van der Waals surface area contributed by atoms with E-state index in [1.165, 1.54) is 17.1 Å². The van der Waals surface area contributed by atoms with Gasteiger partial charge in [0.2, 0.25) is 0 Å². The molecular formula is C15H13N3. The van der Waals surface area contributed by atoms with E-state index in [0.717, 1.165) is 11.1 Å². The number of fused-ring (bicyclic) bond motifs is 1. The molecule has 3 aromatic rings. The van der Waals surface area contributed by atoms with Gasteiger partial charge in [-0.15, -0.1) is 0 Å². The molecule has 88 valence electrons. The summed E-state index contributed by atoms with van der Waals surface area (Å²) in [5.41, 5.74) is 8.22. The fourth-order valence-corrected chi connectivity index (χ4v) is 2.06. The van der Waals surface area contributed by atoms with Crippen LogP contribution in [0, 0.1) is 0 Å². The molecule has 0 fully saturated rings. The van der Waals surface area contributed by atoms with Crippen molar-refractivity contribution in [1.82, 2.24) is 9.97 Å². The molecule has 1 unspecified atom stereocenters. The van der Waals surface area contributed by atoms with Crippen LogP contribution in [-0.2, 0) is 0 Å². The Bertz CT molecular complexity index is 665. The topological polar surface area (TPSA) is 51.8 Å². The van der Waals surface area contributed by atoms with Gasteiger partial charge in [-0.05, 0) is 22.4 Å². The number of nitrogens with zero attached hydrogens (tertiary/aromatic N) is 2. The summed E-state index contributed by atoms with van der Waals surface area (Å²) in [6.07, 6.45) is 5.02. The predicted octanol–water partition coefficient (Wildman–Crippen LogP) is 2.68. The van der Waals surface area contributed by atoms with Crippen LogP contribution in [-0.4, -0.2) is 9.97 Å². The second-order valence-corrected chi connectivity index (χ2v) is 4.26. The number of nitrogens with two attached hydrogens (primary N) is 1. The van der Waals surface area contributed by atoms with Crippen molar-refractivity contribution in [1.29, 1.82) is 0 Å². The van der Waals surface area contributed by atoms with Crippen LogP contribution >= 0.6 is 0 Å². The van der Waals surface area contributed by atoms with E-state index in [-0.39, 0.29) is 6.04 Å². The van der Waals surface area contributed by atoms with Crippen molar-refractivity contribution >= 4 is 10.8 Å². The lowest BCUT2D eigenvalue weighted by Gasteiger charge is -2.12. The van der Waals surface area contributed by atoms with Crippen molar-refractivity contribution in [2.45, 2.75) is 6.04 Å². The summed E-state index contributed by atoms with van der Waals surface area (Å²) >= 11 is 0. The number of aromatic nitrogens is 2. The van der Waals surface area contributed by atoms with Gasteiger partial charge >= 0.3 is 0 Å². The molecule has 3 rings (SSSR count). The Kier molecular flexibility index (Phi) is 2.74. The lowest BCUT2D eigenvalue weighted by molar-refractivity contribution is 0.852. The van der Waals surface area contributed by atoms with Crippen molar-refractivity contribution in [3.63, 3.8) is 0 Å². The summed E-state index contributed by atoms with van der Waals surface area (Å²) in [4.78, 5) is 8.00. The van der Waals surface area contributed by atoms with Gasteiger partial charge in [0.05, 0.1) is 6.04 Å². The SMILES string of the molecule is NC(c1cncnc1)c1ccc2ccccc2c1. The van der Waals surface area contributed by atoms with Gasteiger partial charge < -0.3 is 5.73 Å². The van der Waals surface area contributed by atoms with Gasteiger partial charge in [-0.25, -0.2) is 9.97 Å². The van der Waals surface area contributed by atoms with Crippen LogP contribution in [0.25, 0.3) is 10.8 Å². The zero-order chi connectivity index (χ0) is 12.4. The molecule has 0 aliphatic heterocycles. The average Bonchev–Trinajstić information content (AvgIpc) is 2.47. The van der Waals surface area contributed by atoms with Crippen LogP contribution in [0.15, 0.2) is 61.2 Å². The Morgan fingerprint density at radius 2 is 1.56 bits per heavy atom. The van der Waals surface area contributed by atoms with Crippen LogP contribution in [0.4, 0.5) is 0 Å². The van der Waals surface area contributed by atoms with Crippen LogP contribution in [0.5, 0.6) is 0 Å². The third-order valence-corrected chi connectivity index (χ3v) is 3.07. The van der Waals surface area contributed by atoms with Crippen molar-refractivity contribution in [3.8, 4) is 0 Å². The van der Waals surface area contributed by atoms with E-state index in [1.54, 1.807) is 12.4 Å². The molecule has 3 nitrogen and oxygen atoms in total. The zero-order valence-corrected chi connectivity index (χ0v) is 9.82. The van der Waals surface area contributed by atoms with Crippen molar-refractivity contribution in [2.75, 3.05) is 0 Å². The van der Waals surface area contributed by atoms with Gasteiger partial charge in [0, 0.05) is 18.0 Å². The highest BCUT2D eigenvalue weighted by molar-refractivity contribution is 5.83. The fourth-order valence-electron chi connectivity index (χ4n) is 2.06. The molecule has 0 amide bonds. The van der Waals surface area contributed by atoms with Crippen LogP contribution in [0.3, 0.4) is 0 Å². The Hall–Kier alpha value is -2.26. The molecule has 2 aromatic carbocycles. The molecular weight excluding hydrogens is 222 g/mol. The van der Waals surface area contributed by atoms with Crippen molar-refractivity contribution < 1.29 is 0 Å². The number of hydrogen-bond acceptors (Lipinski definition) is 3. The minimum atomic E-state index is -0.184. The lowest BCUT2D eigenvalue weighted by atomic mass is 9.99. The first-order chi connectivity index (χ1) is 8.84. The largest absolute Gasteiger partial charge is 0.320 e. The van der Waals surface area contributed by atoms with E-state index in [9.17, 15) is 0 Å². The Balaban J connectivity index is 2.04. The monoisotopic (exact) mass is 235 g/mol. The maximum absolute atomic E-state index is 6.23. The number of benzene rings is 2. The summed E-state index contributed by atoms with van der Waals surface area (Å²) in [6.45, 7) is 0. The molecule has 0 spiro atoms. The van der Waals surface area contributed by atoms with Gasteiger partial charge in [0.15, 0.2) is 0 Å². The first-order valence-electron chi connectivity index (χ1n) is 5.84. The molecule has 2 N–H and O–H groups in total. The molecule has 0 saturated carbocycles. The number of hydrogen-bond donors (Lipinski definition) is 1. The van der Waals surface area contributed by atoms with Crippen LogP contribution in [0.1, 0.15) is 17.2 Å². The third kappa shape index (κ3) is 1.96. The molecule has 0 aliphatic rings. The Morgan fingerprint density at radius 1 is 0.833 bits per heavy atom. The third-order valence-electron chi connectivity index (χ3n) is 3.07. The van der Waals surface area contributed by atoms with Crippen molar-refractivity contribution in [2.24, 2.45) is 5.73 Å². The summed E-state index contributed by atoms with van der Waals surface area (Å²) in [6, 6.07) is 14.3. The van der Waals surface area contributed by atoms with Gasteiger partial charge in [-0.3, -0.25) is 0 Å². The standard InChI is InChI=1S/C15H13N3/c16-15(14-8-17-10-18-9-14)13-6-5-11-3-1-2-4-12(11)7-13/h1-10,15H,16H2. The highest BCUT2D eigenvalue weighted by Crippen LogP contribution is 2.22. The van der Waals surface area contributed by atoms with Gasteiger partial charge in [-0.1, -0.05) is 36.4 Å². The molecule has 0 bridgehead atoms. The number of rotatable bonds is 2. The molecule has 1 aromatic heterocycles. The molecule has 3 heteroatoms. The van der Waals surface area contributed by atoms with Crippen LogP contribution < -0.4 is 5.73 Å². The fraction of sp³-hybridized carbons (Fsp3) is 0.0667. The quantitative estimate of drug-likeness (QED) is 0.743. The summed E-state index contributed by atoms with van der Waals surface area (Å²) in [5.74, 6) is 0. The maximum Gasteiger partial charge on any atom is 0.115 e. The summed E-state index contributed by atoms with van der Waals surface area (Å²) < 4.78 is 0. The van der Waals surface area contributed by atoms with E-state index < -0.39 is 0 Å². The summed E-state index contributed by atoms with van der Waals surface area (Å²) in [7, 11) is 0. The Morgan fingerprint density at radius 3 is 2.33 bits per heavy atom. The molecule has 0 radical (unpaired) electrons. The maximum atomic E-state index is 6.23. The smallest absolute Gasteiger partial charge is 0.115 e. The molecule has 0 saturated heterocycles. The minimum Gasteiger partial charge on any atom is -0.320 e. The van der Waals surface area contributed by atoms with Gasteiger partial charge in [-0.2, -0.15) is 0 Å². The van der Waals surface area contributed by atoms with Gasteiger partial charge in [0.1, 0.15) is 6.33 Å². The first kappa shape index (κ1) is 10.9.